The van der Waals surface area contributed by atoms with Gasteiger partial charge in [-0.25, -0.2) is 0 Å². The number of amides is 1. The van der Waals surface area contributed by atoms with Gasteiger partial charge in [0.05, 0.1) is 5.25 Å². The molecule has 0 spiro atoms. The van der Waals surface area contributed by atoms with Crippen LogP contribution in [0, 0.1) is 0 Å². The number of carbonyl (C=O) groups is 1. The van der Waals surface area contributed by atoms with Gasteiger partial charge in [0, 0.05) is 15.9 Å². The Morgan fingerprint density at radius 2 is 2.19 bits per heavy atom. The minimum Gasteiger partial charge on any atom is -0.352 e. The third kappa shape index (κ3) is 4.41. The second kappa shape index (κ2) is 6.76. The van der Waals surface area contributed by atoms with E-state index in [1.807, 2.05) is 31.2 Å². The largest absolute Gasteiger partial charge is 0.352 e. The molecule has 86 valence electrons. The van der Waals surface area contributed by atoms with Gasteiger partial charge < -0.3 is 5.32 Å². The van der Waals surface area contributed by atoms with E-state index in [2.05, 4.69) is 27.8 Å². The normalized spacial score (nSPS) is 11.9. The van der Waals surface area contributed by atoms with Gasteiger partial charge in [-0.15, -0.1) is 18.3 Å². The molecular formula is C12H14BrNOS. The lowest BCUT2D eigenvalue weighted by molar-refractivity contribution is -0.120. The molecule has 0 heterocycles. The minimum atomic E-state index is -0.0962. The van der Waals surface area contributed by atoms with Gasteiger partial charge in [0.15, 0.2) is 0 Å². The zero-order valence-electron chi connectivity index (χ0n) is 9.07. The lowest BCUT2D eigenvalue weighted by Gasteiger charge is -2.10. The number of rotatable bonds is 5. The molecule has 0 saturated heterocycles. The Kier molecular flexibility index (Phi) is 5.63. The van der Waals surface area contributed by atoms with E-state index in [4.69, 9.17) is 0 Å². The molecule has 0 aromatic heterocycles. The molecule has 1 N–H and O–H groups in total. The highest BCUT2D eigenvalue weighted by atomic mass is 79.9. The lowest BCUT2D eigenvalue weighted by atomic mass is 10.4. The first-order chi connectivity index (χ1) is 7.63. The molecule has 0 radical (unpaired) electrons. The highest BCUT2D eigenvalue weighted by Crippen LogP contribution is 2.24. The molecule has 2 nitrogen and oxygen atoms in total. The predicted octanol–water partition coefficient (Wildman–Crippen LogP) is 3.23. The van der Waals surface area contributed by atoms with E-state index in [-0.39, 0.29) is 11.2 Å². The van der Waals surface area contributed by atoms with Gasteiger partial charge >= 0.3 is 0 Å². The molecule has 1 aromatic carbocycles. The van der Waals surface area contributed by atoms with Crippen LogP contribution in [0.15, 0.2) is 46.3 Å². The summed E-state index contributed by atoms with van der Waals surface area (Å²) in [6.45, 7) is 5.97. The molecule has 0 fully saturated rings. The van der Waals surface area contributed by atoms with Crippen molar-refractivity contribution in [1.29, 1.82) is 0 Å². The van der Waals surface area contributed by atoms with Gasteiger partial charge in [0.1, 0.15) is 0 Å². The summed E-state index contributed by atoms with van der Waals surface area (Å²) in [5, 5.41) is 2.68. The van der Waals surface area contributed by atoms with Crippen molar-refractivity contribution in [2.75, 3.05) is 6.54 Å². The fourth-order valence-corrected chi connectivity index (χ4v) is 2.24. The third-order valence-electron chi connectivity index (χ3n) is 1.92. The fourth-order valence-electron chi connectivity index (χ4n) is 1.09. The average Bonchev–Trinajstić information content (AvgIpc) is 2.29. The number of halogens is 1. The maximum Gasteiger partial charge on any atom is 0.233 e. The highest BCUT2D eigenvalue weighted by Gasteiger charge is 2.12. The van der Waals surface area contributed by atoms with Crippen LogP contribution in [0.25, 0.3) is 0 Å². The molecule has 16 heavy (non-hydrogen) atoms. The smallest absolute Gasteiger partial charge is 0.233 e. The Hall–Kier alpha value is -0.740. The van der Waals surface area contributed by atoms with Gasteiger partial charge in [-0.2, -0.15) is 0 Å². The van der Waals surface area contributed by atoms with Crippen molar-refractivity contribution in [3.05, 3.63) is 41.4 Å². The number of hydrogen-bond acceptors (Lipinski definition) is 2. The molecule has 1 atom stereocenters. The van der Waals surface area contributed by atoms with Gasteiger partial charge in [-0.1, -0.05) is 22.0 Å². The van der Waals surface area contributed by atoms with Crippen molar-refractivity contribution in [1.82, 2.24) is 5.32 Å². The molecule has 1 aromatic rings. The average molecular weight is 300 g/mol. The van der Waals surface area contributed by atoms with Gasteiger partial charge in [-0.3, -0.25) is 4.79 Å². The topological polar surface area (TPSA) is 29.1 Å². The molecule has 0 aliphatic carbocycles. The molecule has 1 unspecified atom stereocenters. The molecule has 0 saturated carbocycles. The zero-order valence-corrected chi connectivity index (χ0v) is 11.5. The van der Waals surface area contributed by atoms with Crippen LogP contribution in [-0.4, -0.2) is 17.7 Å². The van der Waals surface area contributed by atoms with E-state index in [1.165, 1.54) is 0 Å². The van der Waals surface area contributed by atoms with Crippen molar-refractivity contribution < 1.29 is 4.79 Å². The Morgan fingerprint density at radius 1 is 1.56 bits per heavy atom. The summed E-state index contributed by atoms with van der Waals surface area (Å²) in [7, 11) is 0. The van der Waals surface area contributed by atoms with Crippen molar-refractivity contribution in [3.8, 4) is 0 Å². The second-order valence-electron chi connectivity index (χ2n) is 3.25. The quantitative estimate of drug-likeness (QED) is 0.668. The van der Waals surface area contributed by atoms with E-state index < -0.39 is 0 Å². The molecule has 1 amide bonds. The number of benzene rings is 1. The first kappa shape index (κ1) is 13.3. The van der Waals surface area contributed by atoms with Crippen LogP contribution < -0.4 is 5.32 Å². The van der Waals surface area contributed by atoms with Crippen molar-refractivity contribution in [2.24, 2.45) is 0 Å². The fraction of sp³-hybridized carbons (Fsp3) is 0.250. The summed E-state index contributed by atoms with van der Waals surface area (Å²) < 4.78 is 1.04. The first-order valence-corrected chi connectivity index (χ1v) is 6.61. The highest BCUT2D eigenvalue weighted by molar-refractivity contribution is 9.10. The van der Waals surface area contributed by atoms with E-state index in [9.17, 15) is 4.79 Å². The van der Waals surface area contributed by atoms with E-state index in [1.54, 1.807) is 17.8 Å². The van der Waals surface area contributed by atoms with E-state index in [0.717, 1.165) is 9.37 Å². The molecule has 0 aliphatic heterocycles. The monoisotopic (exact) mass is 299 g/mol. The third-order valence-corrected chi connectivity index (χ3v) is 3.56. The lowest BCUT2D eigenvalue weighted by Crippen LogP contribution is -2.30. The van der Waals surface area contributed by atoms with E-state index in [0.29, 0.717) is 6.54 Å². The summed E-state index contributed by atoms with van der Waals surface area (Å²) in [4.78, 5) is 12.7. The summed E-state index contributed by atoms with van der Waals surface area (Å²) in [6.07, 6.45) is 1.68. The Labute approximate surface area is 109 Å². The minimum absolute atomic E-state index is 0.0350. The summed E-state index contributed by atoms with van der Waals surface area (Å²) in [5.74, 6) is 0.0350. The Morgan fingerprint density at radius 3 is 2.75 bits per heavy atom. The molecule has 0 bridgehead atoms. The molecule has 4 heteroatoms. The van der Waals surface area contributed by atoms with Crippen LogP contribution in [-0.2, 0) is 4.79 Å². The number of carbonyl (C=O) groups excluding carboxylic acids is 1. The maximum absolute atomic E-state index is 11.6. The van der Waals surface area contributed by atoms with Crippen molar-refractivity contribution >= 4 is 33.6 Å². The van der Waals surface area contributed by atoms with Crippen LogP contribution in [0.5, 0.6) is 0 Å². The second-order valence-corrected chi connectivity index (χ2v) is 5.58. The standard InChI is InChI=1S/C12H14BrNOS/c1-3-8-14-12(15)9(2)16-11-6-4-10(13)5-7-11/h3-7,9H,1,8H2,2H3,(H,14,15). The van der Waals surface area contributed by atoms with Gasteiger partial charge in [0.25, 0.3) is 0 Å². The van der Waals surface area contributed by atoms with Crippen LogP contribution in [0.2, 0.25) is 0 Å². The SMILES string of the molecule is C=CCNC(=O)C(C)Sc1ccc(Br)cc1. The van der Waals surface area contributed by atoms with Gasteiger partial charge in [0.2, 0.25) is 5.91 Å². The summed E-state index contributed by atoms with van der Waals surface area (Å²) in [5.41, 5.74) is 0. The van der Waals surface area contributed by atoms with Crippen molar-refractivity contribution in [2.45, 2.75) is 17.1 Å². The Balaban J connectivity index is 2.50. The molecular weight excluding hydrogens is 286 g/mol. The molecule has 1 rings (SSSR count). The van der Waals surface area contributed by atoms with Crippen LogP contribution in [0.3, 0.4) is 0 Å². The summed E-state index contributed by atoms with van der Waals surface area (Å²) >= 11 is 4.92. The van der Waals surface area contributed by atoms with E-state index >= 15 is 0 Å². The molecule has 0 aliphatic rings. The number of thioether (sulfide) groups is 1. The number of hydrogen-bond donors (Lipinski definition) is 1. The van der Waals surface area contributed by atoms with Crippen LogP contribution >= 0.6 is 27.7 Å². The number of nitrogens with one attached hydrogen (secondary N) is 1. The predicted molar refractivity (Wildman–Crippen MR) is 72.7 cm³/mol. The zero-order chi connectivity index (χ0) is 12.0. The first-order valence-electron chi connectivity index (χ1n) is 4.94. The van der Waals surface area contributed by atoms with Crippen molar-refractivity contribution in [3.63, 3.8) is 0 Å². The summed E-state index contributed by atoms with van der Waals surface area (Å²) in [6, 6.07) is 7.92. The van der Waals surface area contributed by atoms with Crippen LogP contribution in [0.1, 0.15) is 6.92 Å². The van der Waals surface area contributed by atoms with Gasteiger partial charge in [-0.05, 0) is 31.2 Å². The van der Waals surface area contributed by atoms with Crippen LogP contribution in [0.4, 0.5) is 0 Å². The maximum atomic E-state index is 11.6. The Bertz CT molecular complexity index is 364.